The van der Waals surface area contributed by atoms with Gasteiger partial charge in [0.25, 0.3) is 5.91 Å². The van der Waals surface area contributed by atoms with Crippen LogP contribution in [0.3, 0.4) is 0 Å². The molecule has 2 aromatic rings. The van der Waals surface area contributed by atoms with E-state index in [1.54, 1.807) is 19.2 Å². The monoisotopic (exact) mass is 496 g/mol. The first-order valence-electron chi connectivity index (χ1n) is 12.2. The zero-order chi connectivity index (χ0) is 25.3. The molecule has 1 saturated heterocycles. The van der Waals surface area contributed by atoms with Crippen molar-refractivity contribution in [2.24, 2.45) is 0 Å². The van der Waals surface area contributed by atoms with Crippen LogP contribution in [0, 0.1) is 0 Å². The van der Waals surface area contributed by atoms with Crippen molar-refractivity contribution in [1.82, 2.24) is 9.88 Å². The quantitative estimate of drug-likeness (QED) is 0.658. The molecule has 1 saturated carbocycles. The second-order valence-electron chi connectivity index (χ2n) is 9.55. The molecule has 10 heteroatoms. The van der Waals surface area contributed by atoms with Crippen molar-refractivity contribution in [3.05, 3.63) is 42.0 Å². The zero-order valence-corrected chi connectivity index (χ0v) is 20.1. The number of ether oxygens (including phenoxy) is 2. The van der Waals surface area contributed by atoms with E-state index in [1.807, 2.05) is 24.3 Å². The van der Waals surface area contributed by atoms with Crippen LogP contribution in [0.2, 0.25) is 0 Å². The molecule has 2 N–H and O–H groups in total. The highest BCUT2D eigenvalue weighted by Gasteiger charge is 2.49. The van der Waals surface area contributed by atoms with Gasteiger partial charge < -0.3 is 25.0 Å². The number of likely N-dealkylation sites (tertiary alicyclic amines) is 1. The second kappa shape index (κ2) is 9.75. The van der Waals surface area contributed by atoms with E-state index in [0.29, 0.717) is 24.3 Å². The maximum absolute atomic E-state index is 14.7. The number of rotatable bonds is 5. The van der Waals surface area contributed by atoms with E-state index in [2.05, 4.69) is 15.6 Å². The molecule has 1 aliphatic carbocycles. The molecule has 2 fully saturated rings. The molecule has 3 amide bonds. The maximum atomic E-state index is 14.7. The Labute approximate surface area is 208 Å². The van der Waals surface area contributed by atoms with Crippen molar-refractivity contribution in [3.8, 4) is 11.5 Å². The number of amides is 3. The largest absolute Gasteiger partial charge is 0.497 e. The fourth-order valence-corrected chi connectivity index (χ4v) is 5.47. The third kappa shape index (κ3) is 4.47. The molecule has 9 nitrogen and oxygen atoms in total. The van der Waals surface area contributed by atoms with Gasteiger partial charge in [0.05, 0.1) is 19.1 Å². The molecule has 2 atom stereocenters. The minimum Gasteiger partial charge on any atom is -0.497 e. The van der Waals surface area contributed by atoms with Crippen molar-refractivity contribution in [2.75, 3.05) is 30.9 Å². The van der Waals surface area contributed by atoms with Crippen LogP contribution in [0.5, 0.6) is 11.5 Å². The highest BCUT2D eigenvalue weighted by molar-refractivity contribution is 6.00. The fourth-order valence-electron chi connectivity index (χ4n) is 5.47. The SMILES string of the molecule is COc1ccc(C2(C(=O)N3C[C@H](F)C[C@@H]3C(=O)Nc3ccc4c(n3)NC(=O)CO4)CCCCC2)cc1. The third-order valence-electron chi connectivity index (χ3n) is 7.30. The van der Waals surface area contributed by atoms with Gasteiger partial charge in [-0.3, -0.25) is 14.4 Å². The summed E-state index contributed by atoms with van der Waals surface area (Å²) < 4.78 is 25.2. The number of hydrogen-bond acceptors (Lipinski definition) is 6. The van der Waals surface area contributed by atoms with Crippen molar-refractivity contribution in [1.29, 1.82) is 0 Å². The van der Waals surface area contributed by atoms with Crippen molar-refractivity contribution >= 4 is 29.4 Å². The van der Waals surface area contributed by atoms with E-state index in [-0.39, 0.29) is 43.0 Å². The van der Waals surface area contributed by atoms with Crippen LogP contribution >= 0.6 is 0 Å². The summed E-state index contributed by atoms with van der Waals surface area (Å²) in [5, 5.41) is 5.28. The Morgan fingerprint density at radius 3 is 2.64 bits per heavy atom. The first kappa shape index (κ1) is 24.0. The highest BCUT2D eigenvalue weighted by Crippen LogP contribution is 2.43. The summed E-state index contributed by atoms with van der Waals surface area (Å²) in [6, 6.07) is 9.62. The van der Waals surface area contributed by atoms with Gasteiger partial charge >= 0.3 is 0 Å². The van der Waals surface area contributed by atoms with Gasteiger partial charge in [-0.15, -0.1) is 0 Å². The Hall–Kier alpha value is -3.69. The number of pyridine rings is 1. The van der Waals surface area contributed by atoms with Crippen molar-refractivity contribution in [3.63, 3.8) is 0 Å². The number of aromatic nitrogens is 1. The van der Waals surface area contributed by atoms with Crippen molar-refractivity contribution < 1.29 is 28.2 Å². The normalized spacial score (nSPS) is 22.7. The summed E-state index contributed by atoms with van der Waals surface area (Å²) in [6.45, 7) is -0.232. The molecule has 0 unspecified atom stereocenters. The molecule has 1 aromatic heterocycles. The molecule has 190 valence electrons. The molecule has 1 aromatic carbocycles. The van der Waals surface area contributed by atoms with Gasteiger partial charge in [-0.05, 0) is 42.7 Å². The molecule has 0 bridgehead atoms. The lowest BCUT2D eigenvalue weighted by Gasteiger charge is -2.40. The van der Waals surface area contributed by atoms with Crippen LogP contribution in [0.1, 0.15) is 44.1 Å². The van der Waals surface area contributed by atoms with Crippen LogP contribution in [-0.2, 0) is 19.8 Å². The number of nitrogens with one attached hydrogen (secondary N) is 2. The van der Waals surface area contributed by atoms with Gasteiger partial charge in [-0.25, -0.2) is 9.37 Å². The number of halogens is 1. The highest BCUT2D eigenvalue weighted by atomic mass is 19.1. The molecule has 3 aliphatic rings. The third-order valence-corrected chi connectivity index (χ3v) is 7.30. The van der Waals surface area contributed by atoms with Gasteiger partial charge in [0.15, 0.2) is 18.2 Å². The number of methoxy groups -OCH3 is 1. The molecule has 5 rings (SSSR count). The topological polar surface area (TPSA) is 110 Å². The number of nitrogens with zero attached hydrogens (tertiary/aromatic N) is 2. The van der Waals surface area contributed by atoms with E-state index in [1.165, 1.54) is 4.90 Å². The lowest BCUT2D eigenvalue weighted by molar-refractivity contribution is -0.143. The second-order valence-corrected chi connectivity index (χ2v) is 9.55. The van der Waals surface area contributed by atoms with Crippen LogP contribution in [0.15, 0.2) is 36.4 Å². The molecule has 3 heterocycles. The number of anilines is 2. The molecule has 2 aliphatic heterocycles. The summed E-state index contributed by atoms with van der Waals surface area (Å²) in [6.07, 6.45) is 2.71. The van der Waals surface area contributed by atoms with Gasteiger partial charge in [0.2, 0.25) is 11.8 Å². The van der Waals surface area contributed by atoms with E-state index in [4.69, 9.17) is 9.47 Å². The lowest BCUT2D eigenvalue weighted by atomic mass is 9.68. The average molecular weight is 497 g/mol. The van der Waals surface area contributed by atoms with E-state index >= 15 is 0 Å². The van der Waals surface area contributed by atoms with E-state index in [0.717, 1.165) is 24.8 Å². The molecule has 0 spiro atoms. The number of hydrogen-bond donors (Lipinski definition) is 2. The van der Waals surface area contributed by atoms with Gasteiger partial charge in [-0.2, -0.15) is 0 Å². The van der Waals surface area contributed by atoms with Gasteiger partial charge in [0.1, 0.15) is 23.8 Å². The molecule has 0 radical (unpaired) electrons. The van der Waals surface area contributed by atoms with Crippen LogP contribution in [0.4, 0.5) is 16.0 Å². The predicted molar refractivity (Wildman–Crippen MR) is 130 cm³/mol. The summed E-state index contributed by atoms with van der Waals surface area (Å²) in [4.78, 5) is 44.6. The average Bonchev–Trinajstić information content (AvgIpc) is 3.30. The van der Waals surface area contributed by atoms with E-state index in [9.17, 15) is 18.8 Å². The number of carbonyl (C=O) groups is 3. The summed E-state index contributed by atoms with van der Waals surface area (Å²) in [5.74, 6) is 0.398. The first-order valence-corrected chi connectivity index (χ1v) is 12.2. The summed E-state index contributed by atoms with van der Waals surface area (Å²) >= 11 is 0. The number of alkyl halides is 1. The Balaban J connectivity index is 1.39. The zero-order valence-electron chi connectivity index (χ0n) is 20.1. The van der Waals surface area contributed by atoms with Gasteiger partial charge in [0, 0.05) is 6.42 Å². The minimum absolute atomic E-state index is 0.0823. The summed E-state index contributed by atoms with van der Waals surface area (Å²) in [7, 11) is 1.59. The van der Waals surface area contributed by atoms with E-state index < -0.39 is 23.5 Å². The van der Waals surface area contributed by atoms with Gasteiger partial charge in [-0.1, -0.05) is 31.4 Å². The van der Waals surface area contributed by atoms with Crippen LogP contribution in [-0.4, -0.2) is 60.1 Å². The molecular weight excluding hydrogens is 467 g/mol. The number of carbonyl (C=O) groups excluding carboxylic acids is 3. The standard InChI is InChI=1S/C26H29FN4O5/c1-35-18-7-5-16(6-8-18)26(11-3-2-4-12-26)25(34)31-14-17(27)13-19(31)24(33)29-21-10-9-20-23(28-21)30-22(32)15-36-20/h5-10,17,19H,2-4,11-15H2,1H3,(H2,28,29,30,32,33)/t17-,19-/m1/s1. The number of fused-ring (bicyclic) bond motifs is 1. The van der Waals surface area contributed by atoms with Crippen LogP contribution in [0.25, 0.3) is 0 Å². The Morgan fingerprint density at radius 1 is 1.17 bits per heavy atom. The fraction of sp³-hybridized carbons (Fsp3) is 0.462. The van der Waals surface area contributed by atoms with Crippen molar-refractivity contribution in [2.45, 2.75) is 56.2 Å². The number of benzene rings is 1. The van der Waals surface area contributed by atoms with Crippen LogP contribution < -0.4 is 20.1 Å². The Morgan fingerprint density at radius 2 is 1.92 bits per heavy atom. The summed E-state index contributed by atoms with van der Waals surface area (Å²) in [5.41, 5.74) is 0.0558. The minimum atomic E-state index is -1.30. The first-order chi connectivity index (χ1) is 17.4. The smallest absolute Gasteiger partial charge is 0.263 e. The predicted octanol–water partition coefficient (Wildman–Crippen LogP) is 3.20. The lowest BCUT2D eigenvalue weighted by Crippen LogP contribution is -2.52. The Bertz CT molecular complexity index is 1170. The Kier molecular flexibility index (Phi) is 6.51. The molecule has 36 heavy (non-hydrogen) atoms. The molecular formula is C26H29FN4O5. The maximum Gasteiger partial charge on any atom is 0.263 e.